The van der Waals surface area contributed by atoms with Crippen LogP contribution in [0.2, 0.25) is 5.04 Å². The van der Waals surface area contributed by atoms with Crippen LogP contribution < -0.4 is 10.4 Å². The molecule has 5 heteroatoms. The lowest BCUT2D eigenvalue weighted by Crippen LogP contribution is -2.66. The Labute approximate surface area is 174 Å². The van der Waals surface area contributed by atoms with Crippen LogP contribution in [0.25, 0.3) is 0 Å². The number of rotatable bonds is 7. The lowest BCUT2D eigenvalue weighted by molar-refractivity contribution is 0.309. The van der Waals surface area contributed by atoms with E-state index in [9.17, 15) is 4.55 Å². The number of benzene rings is 2. The van der Waals surface area contributed by atoms with Crippen molar-refractivity contribution in [1.29, 1.82) is 0 Å². The van der Waals surface area contributed by atoms with E-state index in [1.165, 1.54) is 10.4 Å². The number of hydrogen-bond donors (Lipinski definition) is 0. The maximum Gasteiger partial charge on any atom is 0.261 e. The molecule has 2 aromatic carbocycles. The highest BCUT2D eigenvalue weighted by atomic mass is 32.2. The first-order valence-corrected chi connectivity index (χ1v) is 12.8. The minimum absolute atomic E-state index is 0.0406. The summed E-state index contributed by atoms with van der Waals surface area (Å²) in [6, 6.07) is 21.2. The van der Waals surface area contributed by atoms with Crippen molar-refractivity contribution < 1.29 is 8.98 Å². The van der Waals surface area contributed by atoms with Crippen LogP contribution in [-0.4, -0.2) is 30.4 Å². The lowest BCUT2D eigenvalue weighted by Gasteiger charge is -2.43. The molecule has 0 spiro atoms. The van der Waals surface area contributed by atoms with Gasteiger partial charge in [-0.1, -0.05) is 85.8 Å². The molecule has 0 fully saturated rings. The van der Waals surface area contributed by atoms with Crippen molar-refractivity contribution in [2.45, 2.75) is 57.7 Å². The Morgan fingerprint density at radius 2 is 1.36 bits per heavy atom. The maximum absolute atomic E-state index is 12.1. The van der Waals surface area contributed by atoms with Gasteiger partial charge in [0.05, 0.1) is 6.21 Å². The summed E-state index contributed by atoms with van der Waals surface area (Å²) in [7, 11) is -2.50. The van der Waals surface area contributed by atoms with Gasteiger partial charge in [0.2, 0.25) is 0 Å². The number of hydrogen-bond acceptors (Lipinski definition) is 3. The molecular weight excluding hydrogens is 382 g/mol. The van der Waals surface area contributed by atoms with Crippen molar-refractivity contribution in [3.63, 3.8) is 0 Å². The molecule has 3 nitrogen and oxygen atoms in total. The monoisotopic (exact) mass is 415 g/mol. The zero-order chi connectivity index (χ0) is 20.8. The van der Waals surface area contributed by atoms with E-state index in [0.717, 1.165) is 0 Å². The molecule has 28 heavy (non-hydrogen) atoms. The Balaban J connectivity index is 2.31. The van der Waals surface area contributed by atoms with E-state index in [0.29, 0.717) is 13.0 Å². The largest absolute Gasteiger partial charge is 0.591 e. The van der Waals surface area contributed by atoms with Crippen molar-refractivity contribution in [3.05, 3.63) is 60.7 Å². The van der Waals surface area contributed by atoms with E-state index >= 15 is 0 Å². The van der Waals surface area contributed by atoms with Crippen LogP contribution in [0, 0.1) is 0 Å². The van der Waals surface area contributed by atoms with Gasteiger partial charge in [0.1, 0.15) is 16.1 Å². The molecule has 2 rings (SSSR count). The highest BCUT2D eigenvalue weighted by molar-refractivity contribution is 7.91. The van der Waals surface area contributed by atoms with Gasteiger partial charge in [-0.15, -0.1) is 0 Å². The summed E-state index contributed by atoms with van der Waals surface area (Å²) in [6.45, 7) is 13.1. The molecule has 0 aliphatic carbocycles. The first kappa shape index (κ1) is 22.9. The molecule has 1 atom stereocenters. The molecule has 0 aliphatic rings. The fraction of sp³-hybridized carbons (Fsp3) is 0.435. The average Bonchev–Trinajstić information content (AvgIpc) is 2.64. The van der Waals surface area contributed by atoms with E-state index in [1.54, 1.807) is 6.21 Å². The zero-order valence-corrected chi connectivity index (χ0v) is 19.8. The topological polar surface area (TPSA) is 44.7 Å². The summed E-state index contributed by atoms with van der Waals surface area (Å²) >= 11 is -1.23. The van der Waals surface area contributed by atoms with Crippen LogP contribution in [0.15, 0.2) is 65.1 Å². The van der Waals surface area contributed by atoms with Crippen molar-refractivity contribution in [3.8, 4) is 0 Å². The standard InChI is InChI=1S/C23H33NO2SSi/c1-22(2,3)27(25)24-18-13-19-26-28(23(4,5)6,20-14-9-7-10-15-20)21-16-11-8-12-17-21/h7-12,14-18H,13,19H2,1-6H3. The van der Waals surface area contributed by atoms with Crippen molar-refractivity contribution >= 4 is 36.3 Å². The van der Waals surface area contributed by atoms with Gasteiger partial charge in [-0.3, -0.25) is 0 Å². The Bertz CT molecular complexity index is 712. The Hall–Kier alpha value is -1.40. The molecule has 0 saturated carbocycles. The van der Waals surface area contributed by atoms with Gasteiger partial charge >= 0.3 is 0 Å². The van der Waals surface area contributed by atoms with Crippen molar-refractivity contribution in [2.24, 2.45) is 4.40 Å². The predicted octanol–water partition coefficient (Wildman–Crippen LogP) is 4.49. The summed E-state index contributed by atoms with van der Waals surface area (Å²) in [5.74, 6) is 0. The second kappa shape index (κ2) is 9.40. The maximum atomic E-state index is 12.1. The molecule has 0 amide bonds. The van der Waals surface area contributed by atoms with Crippen molar-refractivity contribution in [1.82, 2.24) is 0 Å². The molecule has 0 N–H and O–H groups in total. The van der Waals surface area contributed by atoms with Crippen molar-refractivity contribution in [2.75, 3.05) is 6.61 Å². The third kappa shape index (κ3) is 5.35. The van der Waals surface area contributed by atoms with E-state index in [4.69, 9.17) is 4.43 Å². The van der Waals surface area contributed by atoms with Crippen LogP contribution in [0.1, 0.15) is 48.0 Å². The Morgan fingerprint density at radius 1 is 0.893 bits per heavy atom. The van der Waals surface area contributed by atoms with Gasteiger partial charge < -0.3 is 8.98 Å². The van der Waals surface area contributed by atoms with Gasteiger partial charge in [0, 0.05) is 13.0 Å². The fourth-order valence-electron chi connectivity index (χ4n) is 3.30. The summed E-state index contributed by atoms with van der Waals surface area (Å²) in [4.78, 5) is 0. The summed E-state index contributed by atoms with van der Waals surface area (Å²) in [5, 5.41) is 2.49. The normalized spacial score (nSPS) is 14.4. The zero-order valence-electron chi connectivity index (χ0n) is 17.9. The van der Waals surface area contributed by atoms with E-state index in [2.05, 4.69) is 73.7 Å². The van der Waals surface area contributed by atoms with E-state index in [-0.39, 0.29) is 9.79 Å². The third-order valence-corrected chi connectivity index (χ3v) is 11.1. The summed E-state index contributed by atoms with van der Waals surface area (Å²) < 4.78 is 22.8. The number of nitrogens with zero attached hydrogens (tertiary/aromatic N) is 1. The smallest absolute Gasteiger partial charge is 0.261 e. The second-order valence-electron chi connectivity index (χ2n) is 8.95. The van der Waals surface area contributed by atoms with E-state index in [1.807, 2.05) is 32.9 Å². The van der Waals surface area contributed by atoms with Gasteiger partial charge in [0.15, 0.2) is 0 Å². The average molecular weight is 416 g/mol. The van der Waals surface area contributed by atoms with Gasteiger partial charge in [0.25, 0.3) is 8.32 Å². The van der Waals surface area contributed by atoms with E-state index < -0.39 is 19.7 Å². The predicted molar refractivity (Wildman–Crippen MR) is 125 cm³/mol. The first-order chi connectivity index (χ1) is 13.1. The van der Waals surface area contributed by atoms with Gasteiger partial charge in [-0.05, 0) is 36.2 Å². The molecule has 0 aromatic heterocycles. The first-order valence-electron chi connectivity index (χ1n) is 9.78. The summed E-state index contributed by atoms with van der Waals surface area (Å²) in [6.07, 6.45) is 2.39. The van der Waals surface area contributed by atoms with Crippen LogP contribution >= 0.6 is 0 Å². The Morgan fingerprint density at radius 3 is 1.75 bits per heavy atom. The molecule has 1 unspecified atom stereocenters. The molecule has 0 aliphatic heterocycles. The highest BCUT2D eigenvalue weighted by Crippen LogP contribution is 2.36. The molecular formula is C23H33NO2SSi. The molecule has 0 bridgehead atoms. The Kier molecular flexibility index (Phi) is 7.68. The molecule has 152 valence electrons. The second-order valence-corrected chi connectivity index (χ2v) is 15.2. The lowest BCUT2D eigenvalue weighted by atomic mass is 10.2. The summed E-state index contributed by atoms with van der Waals surface area (Å²) in [5.41, 5.74) is 0. The van der Waals surface area contributed by atoms with Gasteiger partial charge in [-0.25, -0.2) is 0 Å². The molecule has 0 heterocycles. The fourth-order valence-corrected chi connectivity index (χ4v) is 8.44. The van der Waals surface area contributed by atoms with Crippen LogP contribution in [0.4, 0.5) is 0 Å². The molecule has 0 saturated heterocycles. The van der Waals surface area contributed by atoms with Gasteiger partial charge in [-0.2, -0.15) is 0 Å². The minimum atomic E-state index is -2.50. The van der Waals surface area contributed by atoms with Crippen LogP contribution in [0.5, 0.6) is 0 Å². The molecule has 2 aromatic rings. The third-order valence-electron chi connectivity index (χ3n) is 4.68. The van der Waals surface area contributed by atoms with Crippen LogP contribution in [0.3, 0.4) is 0 Å². The van der Waals surface area contributed by atoms with Crippen LogP contribution in [-0.2, 0) is 15.8 Å². The SMILES string of the molecule is CC(C)(C)[S+]([O-])N=CCCO[Si](c1ccccc1)(c1ccccc1)C(C)(C)C. The highest BCUT2D eigenvalue weighted by Gasteiger charge is 2.49. The quantitative estimate of drug-likeness (QED) is 0.289. The molecule has 0 radical (unpaired) electrons. The minimum Gasteiger partial charge on any atom is -0.591 e.